The van der Waals surface area contributed by atoms with Crippen molar-refractivity contribution in [2.75, 3.05) is 18.9 Å². The van der Waals surface area contributed by atoms with E-state index < -0.39 is 6.10 Å². The lowest BCUT2D eigenvalue weighted by Crippen LogP contribution is -2.38. The molecule has 2 amide bonds. The van der Waals surface area contributed by atoms with Crippen LogP contribution in [0.25, 0.3) is 10.9 Å². The SMILES string of the molecule is Cc1cc(NC(=O)N(C)CC(O)C2CC2)c2ncccc2c1. The predicted octanol–water partition coefficient (Wildman–Crippen LogP) is 2.78. The molecule has 1 aliphatic carbocycles. The highest BCUT2D eigenvalue weighted by molar-refractivity contribution is 5.99. The van der Waals surface area contributed by atoms with Gasteiger partial charge in [0.1, 0.15) is 0 Å². The summed E-state index contributed by atoms with van der Waals surface area (Å²) in [5, 5.41) is 13.9. The second-order valence-electron chi connectivity index (χ2n) is 6.10. The molecule has 1 atom stereocenters. The van der Waals surface area contributed by atoms with Gasteiger partial charge in [-0.1, -0.05) is 6.07 Å². The minimum absolute atomic E-state index is 0.225. The number of nitrogens with one attached hydrogen (secondary N) is 1. The number of fused-ring (bicyclic) bond motifs is 1. The Morgan fingerprint density at radius 2 is 2.27 bits per heavy atom. The third-order valence-corrected chi connectivity index (χ3v) is 4.06. The summed E-state index contributed by atoms with van der Waals surface area (Å²) in [5.74, 6) is 0.358. The lowest BCUT2D eigenvalue weighted by atomic mass is 10.1. The number of aliphatic hydroxyl groups is 1. The zero-order valence-corrected chi connectivity index (χ0v) is 12.9. The molecular formula is C17H21N3O2. The van der Waals surface area contributed by atoms with Crippen molar-refractivity contribution < 1.29 is 9.90 Å². The first kappa shape index (κ1) is 14.8. The highest BCUT2D eigenvalue weighted by Gasteiger charge is 2.31. The summed E-state index contributed by atoms with van der Waals surface area (Å²) in [6.45, 7) is 2.34. The van der Waals surface area contributed by atoms with E-state index >= 15 is 0 Å². The normalized spacial score (nSPS) is 15.6. The van der Waals surface area contributed by atoms with Crippen molar-refractivity contribution in [2.45, 2.75) is 25.9 Å². The van der Waals surface area contributed by atoms with Gasteiger partial charge in [-0.25, -0.2) is 4.79 Å². The van der Waals surface area contributed by atoms with Gasteiger partial charge >= 0.3 is 6.03 Å². The summed E-state index contributed by atoms with van der Waals surface area (Å²) >= 11 is 0. The summed E-state index contributed by atoms with van der Waals surface area (Å²) in [6, 6.07) is 7.59. The molecule has 5 heteroatoms. The molecule has 0 bridgehead atoms. The maximum atomic E-state index is 12.3. The molecule has 1 fully saturated rings. The first-order chi connectivity index (χ1) is 10.5. The van der Waals surface area contributed by atoms with Gasteiger partial charge in [-0.05, 0) is 49.4 Å². The van der Waals surface area contributed by atoms with Crippen LogP contribution >= 0.6 is 0 Å². The number of amides is 2. The Morgan fingerprint density at radius 1 is 1.50 bits per heavy atom. The molecular weight excluding hydrogens is 278 g/mol. The smallest absolute Gasteiger partial charge is 0.321 e. The van der Waals surface area contributed by atoms with Crippen LogP contribution in [-0.2, 0) is 0 Å². The summed E-state index contributed by atoms with van der Waals surface area (Å²) in [7, 11) is 1.70. The number of pyridine rings is 1. The van der Waals surface area contributed by atoms with E-state index in [1.165, 1.54) is 4.90 Å². The van der Waals surface area contributed by atoms with Crippen LogP contribution in [0.3, 0.4) is 0 Å². The maximum absolute atomic E-state index is 12.3. The Bertz CT molecular complexity index is 697. The molecule has 1 aliphatic rings. The Morgan fingerprint density at radius 3 is 3.00 bits per heavy atom. The Balaban J connectivity index is 1.75. The molecule has 1 heterocycles. The molecule has 1 unspecified atom stereocenters. The fraction of sp³-hybridized carbons (Fsp3) is 0.412. The van der Waals surface area contributed by atoms with Crippen LogP contribution in [0.15, 0.2) is 30.5 Å². The Kier molecular flexibility index (Phi) is 3.98. The van der Waals surface area contributed by atoms with Gasteiger partial charge in [0, 0.05) is 25.2 Å². The third kappa shape index (κ3) is 3.20. The van der Waals surface area contributed by atoms with Gasteiger partial charge in [0.2, 0.25) is 0 Å². The van der Waals surface area contributed by atoms with Gasteiger partial charge in [-0.3, -0.25) is 4.98 Å². The highest BCUT2D eigenvalue weighted by atomic mass is 16.3. The second-order valence-corrected chi connectivity index (χ2v) is 6.10. The zero-order valence-electron chi connectivity index (χ0n) is 12.9. The molecule has 3 rings (SSSR count). The average Bonchev–Trinajstić information content (AvgIpc) is 3.31. The number of nitrogens with zero attached hydrogens (tertiary/aromatic N) is 2. The topological polar surface area (TPSA) is 65.5 Å². The van der Waals surface area contributed by atoms with Crippen LogP contribution in [0.1, 0.15) is 18.4 Å². The van der Waals surface area contributed by atoms with E-state index in [2.05, 4.69) is 10.3 Å². The lowest BCUT2D eigenvalue weighted by molar-refractivity contribution is 0.117. The Hall–Kier alpha value is -2.14. The largest absolute Gasteiger partial charge is 0.391 e. The van der Waals surface area contributed by atoms with Gasteiger partial charge in [-0.15, -0.1) is 0 Å². The van der Waals surface area contributed by atoms with Gasteiger partial charge < -0.3 is 15.3 Å². The fourth-order valence-electron chi connectivity index (χ4n) is 2.64. The number of rotatable bonds is 4. The van der Waals surface area contributed by atoms with Gasteiger partial charge in [0.15, 0.2) is 0 Å². The number of anilines is 1. The number of urea groups is 1. The van der Waals surface area contributed by atoms with Crippen LogP contribution in [-0.4, -0.2) is 40.7 Å². The monoisotopic (exact) mass is 299 g/mol. The number of hydrogen-bond acceptors (Lipinski definition) is 3. The Labute approximate surface area is 130 Å². The number of carbonyl (C=O) groups excluding carboxylic acids is 1. The van der Waals surface area contributed by atoms with Crippen molar-refractivity contribution in [3.63, 3.8) is 0 Å². The third-order valence-electron chi connectivity index (χ3n) is 4.06. The number of aryl methyl sites for hydroxylation is 1. The van der Waals surface area contributed by atoms with Crippen molar-refractivity contribution in [2.24, 2.45) is 5.92 Å². The van der Waals surface area contributed by atoms with Crippen molar-refractivity contribution in [1.82, 2.24) is 9.88 Å². The van der Waals surface area contributed by atoms with E-state index in [1.807, 2.05) is 31.2 Å². The van der Waals surface area contributed by atoms with Crippen molar-refractivity contribution in [1.29, 1.82) is 0 Å². The second kappa shape index (κ2) is 5.93. The first-order valence-electron chi connectivity index (χ1n) is 7.60. The molecule has 5 nitrogen and oxygen atoms in total. The molecule has 0 saturated heterocycles. The molecule has 116 valence electrons. The van der Waals surface area contributed by atoms with Gasteiger partial charge in [0.05, 0.1) is 17.3 Å². The van der Waals surface area contributed by atoms with E-state index in [1.54, 1.807) is 13.2 Å². The van der Waals surface area contributed by atoms with Crippen LogP contribution in [0.2, 0.25) is 0 Å². The van der Waals surface area contributed by atoms with Crippen molar-refractivity contribution >= 4 is 22.6 Å². The number of hydrogen-bond donors (Lipinski definition) is 2. The number of aliphatic hydroxyl groups excluding tert-OH is 1. The molecule has 0 radical (unpaired) electrons. The molecule has 1 aromatic carbocycles. The molecule has 0 aliphatic heterocycles. The number of carbonyl (C=O) groups is 1. The lowest BCUT2D eigenvalue weighted by Gasteiger charge is -2.21. The van der Waals surface area contributed by atoms with E-state index in [9.17, 15) is 9.90 Å². The number of likely N-dealkylation sites (N-methyl/N-ethyl adjacent to an activating group) is 1. The minimum Gasteiger partial charge on any atom is -0.391 e. The van der Waals surface area contributed by atoms with Crippen LogP contribution < -0.4 is 5.32 Å². The van der Waals surface area contributed by atoms with E-state index in [-0.39, 0.29) is 6.03 Å². The quantitative estimate of drug-likeness (QED) is 0.912. The van der Waals surface area contributed by atoms with Crippen LogP contribution in [0, 0.1) is 12.8 Å². The summed E-state index contributed by atoms with van der Waals surface area (Å²) < 4.78 is 0. The number of aromatic nitrogens is 1. The fourth-order valence-corrected chi connectivity index (χ4v) is 2.64. The minimum atomic E-state index is -0.428. The maximum Gasteiger partial charge on any atom is 0.321 e. The van der Waals surface area contributed by atoms with Crippen molar-refractivity contribution in [3.8, 4) is 0 Å². The highest BCUT2D eigenvalue weighted by Crippen LogP contribution is 2.32. The molecule has 1 saturated carbocycles. The van der Waals surface area contributed by atoms with E-state index in [0.717, 1.165) is 29.3 Å². The van der Waals surface area contributed by atoms with Crippen molar-refractivity contribution in [3.05, 3.63) is 36.0 Å². The first-order valence-corrected chi connectivity index (χ1v) is 7.60. The van der Waals surface area contributed by atoms with Gasteiger partial charge in [0.25, 0.3) is 0 Å². The molecule has 22 heavy (non-hydrogen) atoms. The van der Waals surface area contributed by atoms with Crippen LogP contribution in [0.5, 0.6) is 0 Å². The van der Waals surface area contributed by atoms with E-state index in [0.29, 0.717) is 18.2 Å². The van der Waals surface area contributed by atoms with E-state index in [4.69, 9.17) is 0 Å². The average molecular weight is 299 g/mol. The zero-order chi connectivity index (χ0) is 15.7. The molecule has 2 N–H and O–H groups in total. The predicted molar refractivity (Wildman–Crippen MR) is 86.9 cm³/mol. The summed E-state index contributed by atoms with van der Waals surface area (Å²) in [5.41, 5.74) is 2.54. The van der Waals surface area contributed by atoms with Gasteiger partial charge in [-0.2, -0.15) is 0 Å². The number of benzene rings is 1. The standard InChI is InChI=1S/C17H21N3O2/c1-11-8-13-4-3-7-18-16(13)14(9-11)19-17(22)20(2)10-15(21)12-5-6-12/h3-4,7-9,12,15,21H,5-6,10H2,1-2H3,(H,19,22). The molecule has 2 aromatic rings. The summed E-state index contributed by atoms with van der Waals surface area (Å²) in [4.78, 5) is 18.2. The summed E-state index contributed by atoms with van der Waals surface area (Å²) in [6.07, 6.45) is 3.41. The molecule has 0 spiro atoms. The molecule has 1 aromatic heterocycles. The van der Waals surface area contributed by atoms with Crippen LogP contribution in [0.4, 0.5) is 10.5 Å².